The molecule has 0 radical (unpaired) electrons. The van der Waals surface area contributed by atoms with Gasteiger partial charge in [-0.25, -0.2) is 0 Å². The van der Waals surface area contributed by atoms with Crippen molar-refractivity contribution in [1.29, 1.82) is 0 Å². The van der Waals surface area contributed by atoms with E-state index in [0.29, 0.717) is 23.6 Å². The molecule has 2 N–H and O–H groups in total. The van der Waals surface area contributed by atoms with Crippen LogP contribution in [0.2, 0.25) is 0 Å². The number of hydrogen-bond donors (Lipinski definition) is 2. The minimum Gasteiger partial charge on any atom is -0.507 e. The molecule has 1 saturated heterocycles. The van der Waals surface area contributed by atoms with Gasteiger partial charge in [0.1, 0.15) is 5.75 Å². The van der Waals surface area contributed by atoms with Gasteiger partial charge in [-0.2, -0.15) is 0 Å². The van der Waals surface area contributed by atoms with Crippen molar-refractivity contribution in [2.24, 2.45) is 0 Å². The molecule has 1 aliphatic heterocycles. The average Bonchev–Trinajstić information content (AvgIpc) is 2.81. The van der Waals surface area contributed by atoms with Crippen LogP contribution in [0.15, 0.2) is 42.3 Å². The van der Waals surface area contributed by atoms with E-state index in [1.54, 1.807) is 12.2 Å². The summed E-state index contributed by atoms with van der Waals surface area (Å²) in [5.41, 5.74) is 2.54. The van der Waals surface area contributed by atoms with Gasteiger partial charge in [0.2, 0.25) is 0 Å². The second kappa shape index (κ2) is 6.48. The molecule has 0 saturated carbocycles. The summed E-state index contributed by atoms with van der Waals surface area (Å²) in [4.78, 5) is 12.3. The number of carbonyl (C=O) groups excluding carboxylic acids is 1. The van der Waals surface area contributed by atoms with Gasteiger partial charge in [0.05, 0.1) is 10.8 Å². The van der Waals surface area contributed by atoms with Crippen molar-refractivity contribution in [1.82, 2.24) is 5.32 Å². The van der Waals surface area contributed by atoms with E-state index >= 15 is 0 Å². The molecule has 1 aliphatic rings. The topological polar surface area (TPSA) is 49.3 Å². The Morgan fingerprint density at radius 2 is 1.85 bits per heavy atom. The number of amides is 1. The molecule has 1 fully saturated rings. The lowest BCUT2D eigenvalue weighted by Gasteiger charge is -2.09. The molecule has 0 spiro atoms. The van der Waals surface area contributed by atoms with Crippen LogP contribution < -0.4 is 5.32 Å². The van der Waals surface area contributed by atoms with Crippen LogP contribution in [0.4, 0.5) is 0 Å². The fraction of sp³-hybridized carbons (Fsp3) is 0.188. The molecule has 0 aromatic heterocycles. The van der Waals surface area contributed by atoms with E-state index in [4.69, 9.17) is 0 Å². The van der Waals surface area contributed by atoms with Crippen molar-refractivity contribution in [3.8, 4) is 5.75 Å². The molecule has 2 rings (SSSR count). The summed E-state index contributed by atoms with van der Waals surface area (Å²) in [6, 6.07) is 3.78. The van der Waals surface area contributed by atoms with E-state index < -0.39 is 0 Å². The van der Waals surface area contributed by atoms with Gasteiger partial charge in [-0.1, -0.05) is 23.9 Å². The molecule has 4 heteroatoms. The van der Waals surface area contributed by atoms with Crippen molar-refractivity contribution in [3.05, 3.63) is 59.0 Å². The van der Waals surface area contributed by atoms with Crippen molar-refractivity contribution in [2.75, 3.05) is 5.88 Å². The lowest BCUT2D eigenvalue weighted by atomic mass is 9.99. The Morgan fingerprint density at radius 1 is 1.25 bits per heavy atom. The number of phenolic OH excluding ortho intramolecular Hbond substituents is 1. The third-order valence-corrected chi connectivity index (χ3v) is 3.90. The first kappa shape index (κ1) is 14.5. The standard InChI is InChI=1S/C16H17NO2S/c1-3-5-12-7-11(8-13(6-4-2)15(12)18)9-14-16(19)17-10-20-14/h3-4,7-9,18H,1-2,5-6,10H2,(H,17,19)/b14-9-. The van der Waals surface area contributed by atoms with Crippen molar-refractivity contribution in [3.63, 3.8) is 0 Å². The predicted molar refractivity (Wildman–Crippen MR) is 84.5 cm³/mol. The molecule has 20 heavy (non-hydrogen) atoms. The van der Waals surface area contributed by atoms with E-state index in [-0.39, 0.29) is 11.7 Å². The average molecular weight is 287 g/mol. The predicted octanol–water partition coefficient (Wildman–Crippen LogP) is 3.01. The molecule has 1 heterocycles. The van der Waals surface area contributed by atoms with E-state index in [1.165, 1.54) is 11.8 Å². The zero-order chi connectivity index (χ0) is 14.5. The fourth-order valence-electron chi connectivity index (χ4n) is 2.08. The first-order chi connectivity index (χ1) is 9.65. The van der Waals surface area contributed by atoms with Crippen molar-refractivity contribution >= 4 is 23.7 Å². The van der Waals surface area contributed by atoms with Gasteiger partial charge in [-0.15, -0.1) is 13.2 Å². The summed E-state index contributed by atoms with van der Waals surface area (Å²) in [6.07, 6.45) is 6.53. The third-order valence-electron chi connectivity index (χ3n) is 3.00. The Labute approximate surface area is 123 Å². The summed E-state index contributed by atoms with van der Waals surface area (Å²) in [5.74, 6) is 0.857. The molecule has 1 amide bonds. The summed E-state index contributed by atoms with van der Waals surface area (Å²) in [7, 11) is 0. The number of carbonyl (C=O) groups is 1. The third kappa shape index (κ3) is 3.14. The molecule has 0 unspecified atom stereocenters. The first-order valence-corrected chi connectivity index (χ1v) is 7.33. The number of hydrogen-bond acceptors (Lipinski definition) is 3. The lowest BCUT2D eigenvalue weighted by molar-refractivity contribution is -0.116. The fourth-order valence-corrected chi connectivity index (χ4v) is 2.86. The zero-order valence-electron chi connectivity index (χ0n) is 11.2. The van der Waals surface area contributed by atoms with Crippen LogP contribution in [0.5, 0.6) is 5.75 Å². The smallest absolute Gasteiger partial charge is 0.258 e. The van der Waals surface area contributed by atoms with Crippen LogP contribution in [0.25, 0.3) is 6.08 Å². The largest absolute Gasteiger partial charge is 0.507 e. The summed E-state index contributed by atoms with van der Waals surface area (Å²) in [6.45, 7) is 7.41. The normalized spacial score (nSPS) is 16.2. The quantitative estimate of drug-likeness (QED) is 0.646. The summed E-state index contributed by atoms with van der Waals surface area (Å²) < 4.78 is 0. The number of benzene rings is 1. The van der Waals surface area contributed by atoms with Gasteiger partial charge in [-0.3, -0.25) is 4.79 Å². The van der Waals surface area contributed by atoms with Crippen molar-refractivity contribution in [2.45, 2.75) is 12.8 Å². The highest BCUT2D eigenvalue weighted by molar-refractivity contribution is 8.04. The van der Waals surface area contributed by atoms with Crippen molar-refractivity contribution < 1.29 is 9.90 Å². The summed E-state index contributed by atoms with van der Waals surface area (Å²) in [5, 5.41) is 12.9. The Bertz CT molecular complexity index is 559. The van der Waals surface area contributed by atoms with Crippen LogP contribution in [0.1, 0.15) is 16.7 Å². The van der Waals surface area contributed by atoms with Crippen LogP contribution in [0.3, 0.4) is 0 Å². The second-order valence-electron chi connectivity index (χ2n) is 4.48. The number of phenols is 1. The van der Waals surface area contributed by atoms with Gasteiger partial charge >= 0.3 is 0 Å². The second-order valence-corrected chi connectivity index (χ2v) is 5.49. The van der Waals surface area contributed by atoms with E-state index in [9.17, 15) is 9.90 Å². The number of thioether (sulfide) groups is 1. The maximum Gasteiger partial charge on any atom is 0.258 e. The molecular weight excluding hydrogens is 270 g/mol. The Hall–Kier alpha value is -1.94. The number of aromatic hydroxyl groups is 1. The summed E-state index contributed by atoms with van der Waals surface area (Å²) >= 11 is 1.49. The Balaban J connectivity index is 2.44. The van der Waals surface area contributed by atoms with Crippen LogP contribution in [-0.4, -0.2) is 16.9 Å². The maximum absolute atomic E-state index is 11.6. The van der Waals surface area contributed by atoms with Crippen LogP contribution >= 0.6 is 11.8 Å². The molecule has 0 aliphatic carbocycles. The molecule has 3 nitrogen and oxygen atoms in total. The molecule has 104 valence electrons. The highest BCUT2D eigenvalue weighted by atomic mass is 32.2. The van der Waals surface area contributed by atoms with Gasteiger partial charge < -0.3 is 10.4 Å². The molecule has 1 aromatic carbocycles. The highest BCUT2D eigenvalue weighted by Gasteiger charge is 2.17. The maximum atomic E-state index is 11.6. The Kier molecular flexibility index (Phi) is 4.69. The van der Waals surface area contributed by atoms with Gasteiger partial charge in [0.15, 0.2) is 0 Å². The zero-order valence-corrected chi connectivity index (χ0v) is 12.0. The molecule has 0 atom stereocenters. The van der Waals surface area contributed by atoms with Gasteiger partial charge in [-0.05, 0) is 47.7 Å². The number of allylic oxidation sites excluding steroid dienone is 2. The SMILES string of the molecule is C=CCc1cc(/C=C2\SCNC2=O)cc(CC=C)c1O. The van der Waals surface area contributed by atoms with E-state index in [2.05, 4.69) is 18.5 Å². The monoisotopic (exact) mass is 287 g/mol. The van der Waals surface area contributed by atoms with Gasteiger partial charge in [0.25, 0.3) is 5.91 Å². The van der Waals surface area contributed by atoms with Gasteiger partial charge in [0, 0.05) is 0 Å². The minimum absolute atomic E-state index is 0.0429. The van der Waals surface area contributed by atoms with E-state index in [1.807, 2.05) is 18.2 Å². The Morgan fingerprint density at radius 3 is 2.30 bits per heavy atom. The molecular formula is C16H17NO2S. The number of nitrogens with one attached hydrogen (secondary N) is 1. The van der Waals surface area contributed by atoms with Crippen LogP contribution in [0, 0.1) is 0 Å². The molecule has 1 aromatic rings. The number of rotatable bonds is 5. The lowest BCUT2D eigenvalue weighted by Crippen LogP contribution is -2.13. The van der Waals surface area contributed by atoms with Crippen LogP contribution in [-0.2, 0) is 17.6 Å². The minimum atomic E-state index is -0.0429. The molecule has 0 bridgehead atoms. The highest BCUT2D eigenvalue weighted by Crippen LogP contribution is 2.29. The van der Waals surface area contributed by atoms with E-state index in [0.717, 1.165) is 16.7 Å². The first-order valence-electron chi connectivity index (χ1n) is 6.35.